The van der Waals surface area contributed by atoms with Crippen LogP contribution in [-0.2, 0) is 11.3 Å². The summed E-state index contributed by atoms with van der Waals surface area (Å²) in [5, 5.41) is 13.2. The van der Waals surface area contributed by atoms with Crippen LogP contribution in [0.4, 0.5) is 5.69 Å². The highest BCUT2D eigenvalue weighted by Crippen LogP contribution is 2.26. The number of aromatic nitrogens is 3. The molecule has 0 spiro atoms. The summed E-state index contributed by atoms with van der Waals surface area (Å²) >= 11 is 0. The fraction of sp³-hybridized carbons (Fsp3) is 0.421. The van der Waals surface area contributed by atoms with Gasteiger partial charge in [-0.15, -0.1) is 0 Å². The molecule has 0 radical (unpaired) electrons. The van der Waals surface area contributed by atoms with Gasteiger partial charge in [0.1, 0.15) is 6.61 Å². The average molecular weight is 386 g/mol. The van der Waals surface area contributed by atoms with Gasteiger partial charge in [-0.1, -0.05) is 13.0 Å². The first-order valence-electron chi connectivity index (χ1n) is 9.40. The topological polar surface area (TPSA) is 113 Å². The lowest BCUT2D eigenvalue weighted by Crippen LogP contribution is -2.21. The number of carbonyl (C=O) groups excluding carboxylic acids is 1. The molecule has 0 atom stereocenters. The van der Waals surface area contributed by atoms with Gasteiger partial charge in [0.2, 0.25) is 5.88 Å². The van der Waals surface area contributed by atoms with Crippen LogP contribution in [0, 0.1) is 0 Å². The van der Waals surface area contributed by atoms with Crippen molar-refractivity contribution in [3.8, 4) is 5.88 Å². The Morgan fingerprint density at radius 2 is 2.21 bits per heavy atom. The number of nitrogens with zero attached hydrogens (tertiary/aromatic N) is 2. The molecule has 4 N–H and O–H groups in total. The van der Waals surface area contributed by atoms with E-state index in [2.05, 4.69) is 38.2 Å². The van der Waals surface area contributed by atoms with Crippen molar-refractivity contribution in [2.24, 2.45) is 0 Å². The van der Waals surface area contributed by atoms with Crippen molar-refractivity contribution in [3.05, 3.63) is 41.4 Å². The minimum absolute atomic E-state index is 0.313. The average Bonchev–Trinajstić information content (AvgIpc) is 3.15. The van der Waals surface area contributed by atoms with Crippen LogP contribution in [0.1, 0.15) is 41.5 Å². The van der Waals surface area contributed by atoms with Crippen molar-refractivity contribution in [1.82, 2.24) is 26.0 Å². The highest BCUT2D eigenvalue weighted by atomic mass is 16.6. The highest BCUT2D eigenvalue weighted by molar-refractivity contribution is 6.06. The predicted molar refractivity (Wildman–Crippen MR) is 106 cm³/mol. The second-order valence-corrected chi connectivity index (χ2v) is 6.33. The number of hydrogen-bond donors (Lipinski definition) is 4. The number of hydrogen-bond acceptors (Lipinski definition) is 7. The van der Waals surface area contributed by atoms with Crippen LogP contribution in [0.25, 0.3) is 5.70 Å². The number of aromatic amines is 1. The van der Waals surface area contributed by atoms with Gasteiger partial charge in [0, 0.05) is 18.3 Å². The highest BCUT2D eigenvalue weighted by Gasteiger charge is 2.24. The van der Waals surface area contributed by atoms with Gasteiger partial charge in [-0.25, -0.2) is 4.98 Å². The minimum Gasteiger partial charge on any atom is -0.476 e. The molecule has 0 saturated heterocycles. The SMILES string of the molecule is CCCNCCOc1ccc(NC(=O)c2n[nH]c3c2C(NOC)=CCC3)cn1. The molecule has 0 fully saturated rings. The van der Waals surface area contributed by atoms with Crippen LogP contribution in [0.2, 0.25) is 0 Å². The first-order chi connectivity index (χ1) is 13.7. The second-order valence-electron chi connectivity index (χ2n) is 6.33. The molecule has 2 heterocycles. The lowest BCUT2D eigenvalue weighted by Gasteiger charge is -2.15. The van der Waals surface area contributed by atoms with E-state index in [-0.39, 0.29) is 5.91 Å². The van der Waals surface area contributed by atoms with Crippen LogP contribution in [0.15, 0.2) is 24.4 Å². The Labute approximate surface area is 163 Å². The molecule has 0 saturated carbocycles. The number of pyridine rings is 1. The summed E-state index contributed by atoms with van der Waals surface area (Å²) in [6.07, 6.45) is 6.29. The molecule has 2 aromatic rings. The van der Waals surface area contributed by atoms with Gasteiger partial charge < -0.3 is 15.4 Å². The van der Waals surface area contributed by atoms with E-state index in [0.717, 1.165) is 49.3 Å². The Kier molecular flexibility index (Phi) is 6.99. The van der Waals surface area contributed by atoms with E-state index in [1.165, 1.54) is 7.11 Å². The summed E-state index contributed by atoms with van der Waals surface area (Å²) in [6.45, 7) is 4.39. The molecule has 1 amide bonds. The number of H-pyrrole nitrogens is 1. The van der Waals surface area contributed by atoms with E-state index in [1.807, 2.05) is 6.08 Å². The number of fused-ring (bicyclic) bond motifs is 1. The number of ether oxygens (including phenoxy) is 1. The van der Waals surface area contributed by atoms with E-state index in [9.17, 15) is 4.79 Å². The summed E-state index contributed by atoms with van der Waals surface area (Å²) in [7, 11) is 1.53. The molecule has 0 bridgehead atoms. The molecule has 28 heavy (non-hydrogen) atoms. The Bertz CT molecular complexity index is 816. The summed E-state index contributed by atoms with van der Waals surface area (Å²) < 4.78 is 5.57. The Morgan fingerprint density at radius 3 is 2.96 bits per heavy atom. The van der Waals surface area contributed by atoms with Crippen molar-refractivity contribution >= 4 is 17.3 Å². The Morgan fingerprint density at radius 1 is 1.32 bits per heavy atom. The molecule has 0 aromatic carbocycles. The maximum Gasteiger partial charge on any atom is 0.276 e. The molecule has 1 aliphatic carbocycles. The number of amides is 1. The maximum atomic E-state index is 12.7. The van der Waals surface area contributed by atoms with Crippen LogP contribution in [0.5, 0.6) is 5.88 Å². The fourth-order valence-corrected chi connectivity index (χ4v) is 2.94. The van der Waals surface area contributed by atoms with Gasteiger partial charge in [0.15, 0.2) is 5.69 Å². The summed E-state index contributed by atoms with van der Waals surface area (Å²) in [4.78, 5) is 21.9. The van der Waals surface area contributed by atoms with Crippen molar-refractivity contribution in [2.75, 3.05) is 32.1 Å². The molecular weight excluding hydrogens is 360 g/mol. The molecule has 3 rings (SSSR count). The zero-order chi connectivity index (χ0) is 19.8. The molecule has 9 nitrogen and oxygen atoms in total. The zero-order valence-electron chi connectivity index (χ0n) is 16.2. The van der Waals surface area contributed by atoms with Gasteiger partial charge in [-0.05, 0) is 31.9 Å². The van der Waals surface area contributed by atoms with Crippen molar-refractivity contribution in [2.45, 2.75) is 26.2 Å². The number of nitrogens with one attached hydrogen (secondary N) is 4. The smallest absolute Gasteiger partial charge is 0.276 e. The maximum absolute atomic E-state index is 12.7. The number of rotatable bonds is 10. The first-order valence-corrected chi connectivity index (χ1v) is 9.40. The third-order valence-corrected chi connectivity index (χ3v) is 4.23. The van der Waals surface area contributed by atoms with E-state index < -0.39 is 0 Å². The number of allylic oxidation sites excluding steroid dienone is 1. The normalized spacial score (nSPS) is 12.9. The van der Waals surface area contributed by atoms with E-state index in [1.54, 1.807) is 18.3 Å². The van der Waals surface area contributed by atoms with Gasteiger partial charge in [0.05, 0.1) is 30.3 Å². The molecule has 2 aromatic heterocycles. The summed E-state index contributed by atoms with van der Waals surface area (Å²) in [6, 6.07) is 3.48. The fourth-order valence-electron chi connectivity index (χ4n) is 2.94. The van der Waals surface area contributed by atoms with Crippen molar-refractivity contribution in [1.29, 1.82) is 0 Å². The number of hydroxylamine groups is 1. The Hall–Kier alpha value is -2.91. The van der Waals surface area contributed by atoms with Crippen molar-refractivity contribution in [3.63, 3.8) is 0 Å². The number of aryl methyl sites for hydroxylation is 1. The van der Waals surface area contributed by atoms with Gasteiger partial charge in [-0.3, -0.25) is 20.2 Å². The first kappa shape index (κ1) is 19.8. The molecule has 0 aliphatic heterocycles. The summed E-state index contributed by atoms with van der Waals surface area (Å²) in [5.74, 6) is 0.199. The quantitative estimate of drug-likeness (QED) is 0.364. The molecule has 9 heteroatoms. The number of anilines is 1. The van der Waals surface area contributed by atoms with Gasteiger partial charge >= 0.3 is 0 Å². The van der Waals surface area contributed by atoms with E-state index in [0.29, 0.717) is 23.9 Å². The molecule has 0 unspecified atom stereocenters. The number of carbonyl (C=O) groups is 1. The lowest BCUT2D eigenvalue weighted by atomic mass is 9.99. The van der Waals surface area contributed by atoms with Crippen LogP contribution in [0.3, 0.4) is 0 Å². The van der Waals surface area contributed by atoms with Gasteiger partial charge in [0.25, 0.3) is 5.91 Å². The van der Waals surface area contributed by atoms with E-state index in [4.69, 9.17) is 9.57 Å². The minimum atomic E-state index is -0.317. The van der Waals surface area contributed by atoms with Gasteiger partial charge in [-0.2, -0.15) is 5.10 Å². The lowest BCUT2D eigenvalue weighted by molar-refractivity contribution is 0.102. The third-order valence-electron chi connectivity index (χ3n) is 4.23. The second kappa shape index (κ2) is 9.86. The van der Waals surface area contributed by atoms with E-state index >= 15 is 0 Å². The zero-order valence-corrected chi connectivity index (χ0v) is 16.2. The summed E-state index contributed by atoms with van der Waals surface area (Å²) in [5.41, 5.74) is 6.07. The molecular formula is C19H26N6O3. The third kappa shape index (κ3) is 4.87. The molecule has 1 aliphatic rings. The predicted octanol–water partition coefficient (Wildman–Crippen LogP) is 1.87. The monoisotopic (exact) mass is 386 g/mol. The van der Waals surface area contributed by atoms with Crippen LogP contribution < -0.4 is 20.9 Å². The Balaban J connectivity index is 1.60. The van der Waals surface area contributed by atoms with Crippen LogP contribution in [-0.4, -0.2) is 47.9 Å². The standard InChI is InChI=1S/C19H26N6O3/c1-3-9-20-10-11-28-16-8-7-13(12-21-16)22-19(26)18-17-14(23-24-18)5-4-6-15(17)25-27-2/h6-8,12,20,25H,3-5,9-11H2,1-2H3,(H,22,26)(H,23,24). The molecule has 150 valence electrons. The van der Waals surface area contributed by atoms with Crippen LogP contribution >= 0.6 is 0 Å². The van der Waals surface area contributed by atoms with Crippen molar-refractivity contribution < 1.29 is 14.4 Å². The largest absolute Gasteiger partial charge is 0.476 e.